The zero-order chi connectivity index (χ0) is 50.1. The summed E-state index contributed by atoms with van der Waals surface area (Å²) >= 11 is 0. The number of aromatic nitrogens is 2. The first-order valence-corrected chi connectivity index (χ1v) is 25.9. The van der Waals surface area contributed by atoms with Crippen LogP contribution in [0.1, 0.15) is 62.7 Å². The van der Waals surface area contributed by atoms with Crippen molar-refractivity contribution in [1.82, 2.24) is 9.97 Å². The van der Waals surface area contributed by atoms with Crippen LogP contribution in [0, 0.1) is 0 Å². The highest BCUT2D eigenvalue weighted by Crippen LogP contribution is 2.68. The van der Waals surface area contributed by atoms with Gasteiger partial charge in [-0.15, -0.1) is 0 Å². The SMILES string of the molecule is C=C(/C=C\C(=C/C)c1ccccc1)c1cc(-c2ccc(-c3ccccc3)cc2)nc(-c2cccc(-c3cccc4c3-c3ccccc3C43c4ccccc4C4(c5ccccc5-c5ccccc54)c4ccccc43)c2)n1. The zero-order valence-corrected chi connectivity index (χ0v) is 41.6. The highest BCUT2D eigenvalue weighted by Gasteiger charge is 2.59. The molecule has 352 valence electrons. The third-order valence-corrected chi connectivity index (χ3v) is 16.1. The smallest absolute Gasteiger partial charge is 0.160 e. The molecule has 3 aliphatic carbocycles. The average Bonchev–Trinajstić information content (AvgIpc) is 4.02. The van der Waals surface area contributed by atoms with Gasteiger partial charge in [0.2, 0.25) is 0 Å². The molecule has 0 amide bonds. The van der Waals surface area contributed by atoms with Gasteiger partial charge in [-0.2, -0.15) is 0 Å². The molecule has 0 N–H and O–H groups in total. The second-order valence-electron chi connectivity index (χ2n) is 19.9. The maximum Gasteiger partial charge on any atom is 0.160 e. The van der Waals surface area contributed by atoms with Gasteiger partial charge in [0.25, 0.3) is 0 Å². The van der Waals surface area contributed by atoms with Gasteiger partial charge in [0.15, 0.2) is 5.82 Å². The van der Waals surface area contributed by atoms with Crippen LogP contribution >= 0.6 is 0 Å². The molecule has 0 aliphatic heterocycles. The van der Waals surface area contributed by atoms with Gasteiger partial charge in [0.1, 0.15) is 0 Å². The molecule has 11 aromatic rings. The quantitative estimate of drug-likeness (QED) is 0.142. The number of hydrogen-bond donors (Lipinski definition) is 0. The zero-order valence-electron chi connectivity index (χ0n) is 41.6. The lowest BCUT2D eigenvalue weighted by molar-refractivity contribution is 0.633. The van der Waals surface area contributed by atoms with E-state index in [0.717, 1.165) is 50.4 Å². The van der Waals surface area contributed by atoms with Crippen LogP contribution in [-0.4, -0.2) is 9.97 Å². The third kappa shape index (κ3) is 6.66. The van der Waals surface area contributed by atoms with Gasteiger partial charge in [-0.1, -0.05) is 267 Å². The molecule has 1 heterocycles. The second-order valence-corrected chi connectivity index (χ2v) is 19.9. The molecule has 0 saturated carbocycles. The van der Waals surface area contributed by atoms with Crippen LogP contribution in [0.3, 0.4) is 0 Å². The minimum Gasteiger partial charge on any atom is -0.228 e. The number of nitrogens with zero attached hydrogens (tertiary/aromatic N) is 2. The topological polar surface area (TPSA) is 25.8 Å². The highest BCUT2D eigenvalue weighted by atomic mass is 14.9. The monoisotopic (exact) mass is 954 g/mol. The number of rotatable bonds is 8. The van der Waals surface area contributed by atoms with Crippen molar-refractivity contribution in [2.75, 3.05) is 0 Å². The van der Waals surface area contributed by atoms with Crippen LogP contribution < -0.4 is 0 Å². The molecule has 75 heavy (non-hydrogen) atoms. The number of allylic oxidation sites excluding steroid dienone is 5. The number of hydrogen-bond acceptors (Lipinski definition) is 2. The first-order chi connectivity index (χ1) is 37.1. The molecule has 0 atom stereocenters. The lowest BCUT2D eigenvalue weighted by Gasteiger charge is -2.48. The van der Waals surface area contributed by atoms with E-state index in [0.29, 0.717) is 5.82 Å². The van der Waals surface area contributed by atoms with E-state index < -0.39 is 10.8 Å². The van der Waals surface area contributed by atoms with E-state index in [9.17, 15) is 0 Å². The van der Waals surface area contributed by atoms with Gasteiger partial charge in [0, 0.05) is 11.1 Å². The summed E-state index contributed by atoms with van der Waals surface area (Å²) in [5.41, 5.74) is 25.8. The summed E-state index contributed by atoms with van der Waals surface area (Å²) < 4.78 is 0. The normalized spacial score (nSPS) is 14.0. The van der Waals surface area contributed by atoms with Crippen LogP contribution in [-0.2, 0) is 10.8 Å². The van der Waals surface area contributed by atoms with E-state index in [1.165, 1.54) is 77.9 Å². The third-order valence-electron chi connectivity index (χ3n) is 16.1. The van der Waals surface area contributed by atoms with E-state index in [-0.39, 0.29) is 0 Å². The number of fused-ring (bicyclic) bond motifs is 16. The van der Waals surface area contributed by atoms with E-state index in [1.54, 1.807) is 0 Å². The van der Waals surface area contributed by atoms with Crippen molar-refractivity contribution >= 4 is 11.1 Å². The molecule has 10 aromatic carbocycles. The summed E-state index contributed by atoms with van der Waals surface area (Å²) in [6, 6.07) is 93.4. The van der Waals surface area contributed by atoms with Gasteiger partial charge < -0.3 is 0 Å². The fraction of sp³-hybridized carbons (Fsp3) is 0.0411. The average molecular weight is 955 g/mol. The van der Waals surface area contributed by atoms with Crippen molar-refractivity contribution in [3.63, 3.8) is 0 Å². The summed E-state index contributed by atoms with van der Waals surface area (Å²) in [5.74, 6) is 0.641. The molecule has 0 unspecified atom stereocenters. The van der Waals surface area contributed by atoms with E-state index in [2.05, 4.69) is 280 Å². The van der Waals surface area contributed by atoms with Crippen molar-refractivity contribution < 1.29 is 0 Å². The van der Waals surface area contributed by atoms with Crippen LogP contribution in [0.5, 0.6) is 0 Å². The number of benzene rings is 10. The molecule has 2 spiro atoms. The van der Waals surface area contributed by atoms with Gasteiger partial charge in [-0.25, -0.2) is 9.97 Å². The Hall–Kier alpha value is -9.50. The van der Waals surface area contributed by atoms with Crippen LogP contribution in [0.4, 0.5) is 0 Å². The van der Waals surface area contributed by atoms with Crippen molar-refractivity contribution in [1.29, 1.82) is 0 Å². The largest absolute Gasteiger partial charge is 0.228 e. The van der Waals surface area contributed by atoms with Crippen molar-refractivity contribution in [2.24, 2.45) is 0 Å². The Kier molecular flexibility index (Phi) is 10.4. The summed E-state index contributed by atoms with van der Waals surface area (Å²) in [6.45, 7) is 6.66. The fourth-order valence-corrected chi connectivity index (χ4v) is 13.0. The Morgan fingerprint density at radius 2 is 0.800 bits per heavy atom. The maximum absolute atomic E-state index is 5.36. The molecular formula is C73H50N2. The highest BCUT2D eigenvalue weighted by molar-refractivity contribution is 5.99. The standard InChI is InChI=1S/C73H50N2/c1-3-49(50-22-6-4-7-23-50)41-40-48(2)68-47-69(53-44-42-52(43-45-53)51-24-8-5-9-25-51)75-71(74-68)55-27-20-26-54(46-55)56-31-21-39-67-70(56)59-30-12-15-34-62(59)73(67)65-37-18-16-35-63(65)72(64-36-17-19-38-66(64)73)60-32-13-10-28-57(60)58-29-11-14-33-61(58)72/h3-47H,2H2,1H3/b41-40-,49-3+. The maximum atomic E-state index is 5.36. The molecule has 0 radical (unpaired) electrons. The second kappa shape index (κ2) is 17.6. The van der Waals surface area contributed by atoms with E-state index >= 15 is 0 Å². The Morgan fingerprint density at radius 3 is 1.41 bits per heavy atom. The summed E-state index contributed by atoms with van der Waals surface area (Å²) in [4.78, 5) is 10.7. The summed E-state index contributed by atoms with van der Waals surface area (Å²) in [7, 11) is 0. The molecular weight excluding hydrogens is 905 g/mol. The molecule has 3 aliphatic rings. The van der Waals surface area contributed by atoms with E-state index in [1.807, 2.05) is 6.07 Å². The lowest BCUT2D eigenvalue weighted by atomic mass is 9.52. The predicted octanol–water partition coefficient (Wildman–Crippen LogP) is 17.9. The lowest BCUT2D eigenvalue weighted by Crippen LogP contribution is -2.43. The molecule has 0 bridgehead atoms. The predicted molar refractivity (Wildman–Crippen MR) is 310 cm³/mol. The fourth-order valence-electron chi connectivity index (χ4n) is 13.0. The van der Waals surface area contributed by atoms with Crippen molar-refractivity contribution in [2.45, 2.75) is 17.8 Å². The van der Waals surface area contributed by atoms with Gasteiger partial charge in [-0.3, -0.25) is 0 Å². The van der Waals surface area contributed by atoms with Crippen LogP contribution in [0.25, 0.3) is 78.3 Å². The minimum absolute atomic E-state index is 0.495. The Morgan fingerprint density at radius 1 is 0.360 bits per heavy atom. The minimum atomic E-state index is -0.589. The first-order valence-electron chi connectivity index (χ1n) is 25.9. The van der Waals surface area contributed by atoms with Gasteiger partial charge in [-0.05, 0) is 125 Å². The Bertz CT molecular complexity index is 4040. The molecule has 1 aromatic heterocycles. The first kappa shape index (κ1) is 44.2. The molecule has 0 fully saturated rings. The summed E-state index contributed by atoms with van der Waals surface area (Å²) in [5, 5.41) is 0. The van der Waals surface area contributed by atoms with Crippen molar-refractivity contribution in [3.8, 4) is 67.2 Å². The van der Waals surface area contributed by atoms with Crippen LogP contribution in [0.2, 0.25) is 0 Å². The molecule has 2 heteroatoms. The van der Waals surface area contributed by atoms with Crippen LogP contribution in [0.15, 0.2) is 280 Å². The van der Waals surface area contributed by atoms with Crippen molar-refractivity contribution in [3.05, 3.63) is 335 Å². The Labute approximate surface area is 439 Å². The molecule has 0 saturated heterocycles. The van der Waals surface area contributed by atoms with E-state index in [4.69, 9.17) is 9.97 Å². The van der Waals surface area contributed by atoms with Gasteiger partial charge >= 0.3 is 0 Å². The molecule has 2 nitrogen and oxygen atoms in total. The molecule has 14 rings (SSSR count). The summed E-state index contributed by atoms with van der Waals surface area (Å²) in [6.07, 6.45) is 6.33. The Balaban J connectivity index is 0.933. The van der Waals surface area contributed by atoms with Gasteiger partial charge in [0.05, 0.1) is 22.2 Å².